The zero-order chi connectivity index (χ0) is 42.1. The van der Waals surface area contributed by atoms with E-state index < -0.39 is 0 Å². The van der Waals surface area contributed by atoms with E-state index in [1.165, 1.54) is 126 Å². The van der Waals surface area contributed by atoms with Crippen LogP contribution in [0.1, 0.15) is 68.6 Å². The molecule has 1 fully saturated rings. The van der Waals surface area contributed by atoms with Crippen LogP contribution in [0, 0.1) is 0 Å². The fraction of sp³-hybridized carbons (Fsp3) is 0.148. The summed E-state index contributed by atoms with van der Waals surface area (Å²) in [6.45, 7) is 4.76. The summed E-state index contributed by atoms with van der Waals surface area (Å²) in [4.78, 5) is 2.51. The van der Waals surface area contributed by atoms with E-state index in [1.807, 2.05) is 0 Å². The second kappa shape index (κ2) is 15.0. The van der Waals surface area contributed by atoms with Crippen molar-refractivity contribution >= 4 is 49.6 Å². The highest BCUT2D eigenvalue weighted by Crippen LogP contribution is 2.52. The summed E-state index contributed by atoms with van der Waals surface area (Å²) in [6.07, 6.45) is 6.51. The number of nitrogens with zero attached hydrogens (tertiary/aromatic N) is 2. The Hall–Kier alpha value is -7.16. The number of anilines is 3. The number of benzene rings is 9. The van der Waals surface area contributed by atoms with Crippen molar-refractivity contribution < 1.29 is 0 Å². The third kappa shape index (κ3) is 6.15. The molecule has 0 radical (unpaired) electrons. The Kier molecular flexibility index (Phi) is 8.97. The molecule has 2 nitrogen and oxygen atoms in total. The molecule has 10 aromatic rings. The maximum absolute atomic E-state index is 2.51. The number of fused-ring (bicyclic) bond motifs is 7. The average molecular weight is 811 g/mol. The van der Waals surface area contributed by atoms with Gasteiger partial charge >= 0.3 is 0 Å². The van der Waals surface area contributed by atoms with E-state index in [0.29, 0.717) is 5.92 Å². The lowest BCUT2D eigenvalue weighted by atomic mass is 9.80. The molecule has 0 spiro atoms. The van der Waals surface area contributed by atoms with Gasteiger partial charge in [-0.15, -0.1) is 0 Å². The summed E-state index contributed by atoms with van der Waals surface area (Å²) >= 11 is 0. The molecule has 9 aromatic carbocycles. The summed E-state index contributed by atoms with van der Waals surface area (Å²) in [5.41, 5.74) is 18.9. The van der Waals surface area contributed by atoms with Crippen LogP contribution in [0.3, 0.4) is 0 Å². The first kappa shape index (κ1) is 37.6. The minimum atomic E-state index is -0.121. The van der Waals surface area contributed by atoms with Gasteiger partial charge in [0.1, 0.15) is 0 Å². The number of aromatic nitrogens is 1. The van der Waals surface area contributed by atoms with Gasteiger partial charge in [0.25, 0.3) is 0 Å². The molecule has 1 aromatic heterocycles. The summed E-state index contributed by atoms with van der Waals surface area (Å²) in [5.74, 6) is 0.592. The van der Waals surface area contributed by atoms with Crippen molar-refractivity contribution in [2.75, 3.05) is 4.90 Å². The van der Waals surface area contributed by atoms with Crippen molar-refractivity contribution in [1.29, 1.82) is 0 Å². The molecule has 304 valence electrons. The van der Waals surface area contributed by atoms with E-state index in [0.717, 1.165) is 11.4 Å². The van der Waals surface area contributed by atoms with Crippen molar-refractivity contribution in [2.24, 2.45) is 0 Å². The third-order valence-corrected chi connectivity index (χ3v) is 14.4. The molecule has 0 bridgehead atoms. The molecule has 0 N–H and O–H groups in total. The van der Waals surface area contributed by atoms with E-state index in [1.54, 1.807) is 0 Å². The second-order valence-electron chi connectivity index (χ2n) is 18.3. The van der Waals surface area contributed by atoms with E-state index in [2.05, 4.69) is 224 Å². The molecule has 0 amide bonds. The van der Waals surface area contributed by atoms with Gasteiger partial charge in [0.2, 0.25) is 0 Å². The zero-order valence-electron chi connectivity index (χ0n) is 36.1. The van der Waals surface area contributed by atoms with Crippen molar-refractivity contribution in [2.45, 2.75) is 57.3 Å². The minimum Gasteiger partial charge on any atom is -0.310 e. The molecular formula is C61H50N2. The van der Waals surface area contributed by atoms with Crippen LogP contribution in [0.15, 0.2) is 200 Å². The van der Waals surface area contributed by atoms with Gasteiger partial charge in [0, 0.05) is 38.8 Å². The second-order valence-corrected chi connectivity index (χ2v) is 18.3. The fourth-order valence-electron chi connectivity index (χ4n) is 11.3. The van der Waals surface area contributed by atoms with Crippen LogP contribution in [0.5, 0.6) is 0 Å². The first-order chi connectivity index (χ1) is 31.0. The maximum Gasteiger partial charge on any atom is 0.0541 e. The maximum atomic E-state index is 2.51. The van der Waals surface area contributed by atoms with E-state index in [9.17, 15) is 0 Å². The largest absolute Gasteiger partial charge is 0.310 e. The van der Waals surface area contributed by atoms with Crippen molar-refractivity contribution in [1.82, 2.24) is 4.57 Å². The predicted octanol–water partition coefficient (Wildman–Crippen LogP) is 17.1. The molecule has 1 saturated carbocycles. The van der Waals surface area contributed by atoms with E-state index in [-0.39, 0.29) is 5.41 Å². The molecular weight excluding hydrogens is 761 g/mol. The number of hydrogen-bond donors (Lipinski definition) is 0. The van der Waals surface area contributed by atoms with Crippen molar-refractivity contribution in [3.05, 3.63) is 217 Å². The fourth-order valence-corrected chi connectivity index (χ4v) is 11.3. The Bertz CT molecular complexity index is 3340. The van der Waals surface area contributed by atoms with Crippen LogP contribution in [0.4, 0.5) is 17.1 Å². The minimum absolute atomic E-state index is 0.121. The van der Waals surface area contributed by atoms with Crippen LogP contribution in [-0.2, 0) is 5.41 Å². The monoisotopic (exact) mass is 810 g/mol. The Morgan fingerprint density at radius 2 is 1.11 bits per heavy atom. The topological polar surface area (TPSA) is 8.17 Å². The molecule has 1 heterocycles. The highest BCUT2D eigenvalue weighted by atomic mass is 15.1. The summed E-state index contributed by atoms with van der Waals surface area (Å²) in [7, 11) is 0. The summed E-state index contributed by atoms with van der Waals surface area (Å²) in [6, 6.07) is 74.9. The van der Waals surface area contributed by atoms with E-state index in [4.69, 9.17) is 0 Å². The number of rotatable bonds is 7. The van der Waals surface area contributed by atoms with Gasteiger partial charge in [0.05, 0.1) is 16.7 Å². The highest BCUT2D eigenvalue weighted by molar-refractivity contribution is 6.10. The Balaban J connectivity index is 1.02. The summed E-state index contributed by atoms with van der Waals surface area (Å²) in [5, 5.41) is 5.25. The normalized spacial score (nSPS) is 14.6. The molecule has 0 atom stereocenters. The molecule has 0 saturated heterocycles. The van der Waals surface area contributed by atoms with Gasteiger partial charge in [-0.25, -0.2) is 0 Å². The van der Waals surface area contributed by atoms with Gasteiger partial charge in [-0.05, 0) is 135 Å². The standard InChI is InChI=1S/C61H50N2/c1-61(2)55-28-12-9-23-49(55)50-37-36-47(40-56(50)61)62(57-29-13-10-24-51(57)53-27-16-20-43-19-15-26-48(60(43)53)42-17-5-3-6-18-42)46-34-31-41(32-35-46)44-33-38-59-54(39-44)52-25-11-14-30-58(52)63(59)45-21-7-4-8-22-45/h4,7-16,19-40,42H,3,5-6,17-18H2,1-2H3. The number of hydrogen-bond acceptors (Lipinski definition) is 1. The van der Waals surface area contributed by atoms with Crippen LogP contribution in [0.2, 0.25) is 0 Å². The van der Waals surface area contributed by atoms with Gasteiger partial charge in [-0.2, -0.15) is 0 Å². The Morgan fingerprint density at radius 1 is 0.460 bits per heavy atom. The van der Waals surface area contributed by atoms with E-state index >= 15 is 0 Å². The lowest BCUT2D eigenvalue weighted by Crippen LogP contribution is -2.17. The Morgan fingerprint density at radius 3 is 1.95 bits per heavy atom. The highest BCUT2D eigenvalue weighted by Gasteiger charge is 2.36. The van der Waals surface area contributed by atoms with Crippen LogP contribution < -0.4 is 4.90 Å². The third-order valence-electron chi connectivity index (χ3n) is 14.4. The molecule has 0 unspecified atom stereocenters. The van der Waals surface area contributed by atoms with Crippen LogP contribution in [0.25, 0.3) is 71.6 Å². The molecule has 0 aliphatic heterocycles. The van der Waals surface area contributed by atoms with Crippen molar-refractivity contribution in [3.63, 3.8) is 0 Å². The van der Waals surface area contributed by atoms with Gasteiger partial charge in [-0.3, -0.25) is 0 Å². The van der Waals surface area contributed by atoms with Crippen molar-refractivity contribution in [3.8, 4) is 39.1 Å². The molecule has 2 aliphatic carbocycles. The molecule has 12 rings (SSSR count). The van der Waals surface area contributed by atoms with Gasteiger partial charge in [-0.1, -0.05) is 173 Å². The quantitative estimate of drug-likeness (QED) is 0.156. The molecule has 2 heteroatoms. The van der Waals surface area contributed by atoms with Crippen LogP contribution >= 0.6 is 0 Å². The predicted molar refractivity (Wildman–Crippen MR) is 267 cm³/mol. The Labute approximate surface area is 370 Å². The number of para-hydroxylation sites is 3. The SMILES string of the molecule is CC1(C)c2ccccc2-c2ccc(N(c3ccc(-c4ccc5c(c4)c4ccccc4n5-c4ccccc4)cc3)c3ccccc3-c3cccc4cccc(C5CCCCC5)c34)cc21. The molecule has 63 heavy (non-hydrogen) atoms. The first-order valence-corrected chi connectivity index (χ1v) is 22.9. The first-order valence-electron chi connectivity index (χ1n) is 22.9. The molecule has 2 aliphatic rings. The summed E-state index contributed by atoms with van der Waals surface area (Å²) < 4.78 is 2.39. The average Bonchev–Trinajstić information content (AvgIpc) is 3.80. The lowest BCUT2D eigenvalue weighted by molar-refractivity contribution is 0.445. The zero-order valence-corrected chi connectivity index (χ0v) is 36.1. The van der Waals surface area contributed by atoms with Crippen LogP contribution in [-0.4, -0.2) is 4.57 Å². The lowest BCUT2D eigenvalue weighted by Gasteiger charge is -2.30. The smallest absolute Gasteiger partial charge is 0.0541 e. The van der Waals surface area contributed by atoms with Gasteiger partial charge < -0.3 is 9.47 Å². The van der Waals surface area contributed by atoms with Gasteiger partial charge in [0.15, 0.2) is 0 Å².